The molecule has 0 spiro atoms. The molecule has 1 aromatic carbocycles. The van der Waals surface area contributed by atoms with E-state index in [0.717, 1.165) is 4.90 Å². The van der Waals surface area contributed by atoms with E-state index in [-0.39, 0.29) is 17.0 Å². The number of imide groups is 1. The number of nitrogens with one attached hydrogen (secondary N) is 1. The molecular formula is C16H15N3O4S. The summed E-state index contributed by atoms with van der Waals surface area (Å²) >= 11 is 0. The van der Waals surface area contributed by atoms with Crippen LogP contribution in [0.2, 0.25) is 0 Å². The van der Waals surface area contributed by atoms with Gasteiger partial charge in [0.15, 0.2) is 0 Å². The summed E-state index contributed by atoms with van der Waals surface area (Å²) in [7, 11) is -3.39. The van der Waals surface area contributed by atoms with Crippen LogP contribution in [0, 0.1) is 0 Å². The van der Waals surface area contributed by atoms with Gasteiger partial charge in [0.2, 0.25) is 10.0 Å². The second-order valence-electron chi connectivity index (χ2n) is 5.31. The molecule has 0 bridgehead atoms. The van der Waals surface area contributed by atoms with Crippen LogP contribution in [0.25, 0.3) is 0 Å². The number of pyridine rings is 1. The number of benzene rings is 1. The molecule has 8 heteroatoms. The number of sulfonamides is 1. The number of rotatable bonds is 5. The average molecular weight is 345 g/mol. The molecule has 1 aliphatic heterocycles. The van der Waals surface area contributed by atoms with E-state index in [4.69, 9.17) is 0 Å². The molecule has 1 aliphatic rings. The number of nitrogens with zero attached hydrogens (tertiary/aromatic N) is 2. The maximum atomic E-state index is 12.4. The van der Waals surface area contributed by atoms with Gasteiger partial charge in [0.1, 0.15) is 5.69 Å². The maximum Gasteiger partial charge on any atom is 0.284 e. The largest absolute Gasteiger partial charge is 0.284 e. The quantitative estimate of drug-likeness (QED) is 0.837. The first-order valence-electron chi connectivity index (χ1n) is 7.37. The monoisotopic (exact) mass is 345 g/mol. The van der Waals surface area contributed by atoms with Gasteiger partial charge in [0.05, 0.1) is 17.0 Å². The van der Waals surface area contributed by atoms with Crippen LogP contribution in [0.3, 0.4) is 0 Å². The first kappa shape index (κ1) is 16.1. The molecule has 24 heavy (non-hydrogen) atoms. The maximum absolute atomic E-state index is 12.4. The summed E-state index contributed by atoms with van der Waals surface area (Å²) in [5, 5.41) is 0. The van der Waals surface area contributed by atoms with Crippen LogP contribution in [0.15, 0.2) is 42.6 Å². The molecule has 3 rings (SSSR count). The zero-order chi connectivity index (χ0) is 17.3. The van der Waals surface area contributed by atoms with Crippen LogP contribution in [-0.4, -0.2) is 31.0 Å². The van der Waals surface area contributed by atoms with Gasteiger partial charge in [-0.05, 0) is 42.8 Å². The first-order valence-corrected chi connectivity index (χ1v) is 9.02. The first-order chi connectivity index (χ1) is 11.4. The van der Waals surface area contributed by atoms with Gasteiger partial charge in [-0.2, -0.15) is 0 Å². The number of hydrogen-bond acceptors (Lipinski definition) is 5. The van der Waals surface area contributed by atoms with Crippen LogP contribution in [-0.2, 0) is 10.0 Å². The predicted molar refractivity (Wildman–Crippen MR) is 89.5 cm³/mol. The Morgan fingerprint density at radius 2 is 1.79 bits per heavy atom. The molecule has 1 aromatic heterocycles. The third-order valence-corrected chi connectivity index (χ3v) is 5.01. The number of aromatic nitrogens is 1. The van der Waals surface area contributed by atoms with Crippen LogP contribution < -0.4 is 9.62 Å². The Balaban J connectivity index is 1.85. The van der Waals surface area contributed by atoms with E-state index in [2.05, 4.69) is 9.71 Å². The van der Waals surface area contributed by atoms with Gasteiger partial charge in [0.25, 0.3) is 11.8 Å². The number of anilines is 2. The SMILES string of the molecule is CCCS(=O)(=O)Nc1ccc(N2C(=O)c3cccnc3C2=O)cc1. The highest BCUT2D eigenvalue weighted by molar-refractivity contribution is 7.92. The van der Waals surface area contributed by atoms with E-state index in [1.807, 2.05) is 0 Å². The Morgan fingerprint density at radius 3 is 2.42 bits per heavy atom. The summed E-state index contributed by atoms with van der Waals surface area (Å²) < 4.78 is 26.0. The van der Waals surface area contributed by atoms with E-state index in [1.165, 1.54) is 30.5 Å². The molecule has 1 N–H and O–H groups in total. The zero-order valence-corrected chi connectivity index (χ0v) is 13.7. The summed E-state index contributed by atoms with van der Waals surface area (Å²) in [4.78, 5) is 29.7. The number of carbonyl (C=O) groups excluding carboxylic acids is 2. The van der Waals surface area contributed by atoms with Crippen LogP contribution in [0.4, 0.5) is 11.4 Å². The van der Waals surface area contributed by atoms with Gasteiger partial charge < -0.3 is 0 Å². The number of fused-ring (bicyclic) bond motifs is 1. The van der Waals surface area contributed by atoms with E-state index in [0.29, 0.717) is 17.8 Å². The lowest BCUT2D eigenvalue weighted by Crippen LogP contribution is -2.29. The average Bonchev–Trinajstić information content (AvgIpc) is 2.80. The minimum atomic E-state index is -3.39. The molecule has 7 nitrogen and oxygen atoms in total. The second kappa shape index (κ2) is 6.04. The molecule has 0 radical (unpaired) electrons. The van der Waals surface area contributed by atoms with Crippen molar-refractivity contribution < 1.29 is 18.0 Å². The Hall–Kier alpha value is -2.74. The van der Waals surface area contributed by atoms with Crippen molar-refractivity contribution in [2.45, 2.75) is 13.3 Å². The van der Waals surface area contributed by atoms with Gasteiger partial charge >= 0.3 is 0 Å². The fourth-order valence-corrected chi connectivity index (χ4v) is 3.61. The van der Waals surface area contributed by atoms with Gasteiger partial charge in [-0.25, -0.2) is 13.3 Å². The molecule has 0 saturated heterocycles. The number of amides is 2. The molecule has 2 heterocycles. The third kappa shape index (κ3) is 2.88. The van der Waals surface area contributed by atoms with Gasteiger partial charge in [-0.3, -0.25) is 19.3 Å². The minimum absolute atomic E-state index is 0.0266. The van der Waals surface area contributed by atoms with E-state index >= 15 is 0 Å². The molecule has 0 aliphatic carbocycles. The summed E-state index contributed by atoms with van der Waals surface area (Å²) in [6.07, 6.45) is 1.97. The van der Waals surface area contributed by atoms with Crippen molar-refractivity contribution in [2.75, 3.05) is 15.4 Å². The smallest absolute Gasteiger partial charge is 0.284 e. The molecule has 0 saturated carbocycles. The van der Waals surface area contributed by atoms with Crippen LogP contribution in [0.1, 0.15) is 34.2 Å². The van der Waals surface area contributed by atoms with Crippen molar-refractivity contribution in [3.05, 3.63) is 53.9 Å². The number of hydrogen-bond donors (Lipinski definition) is 1. The Kier molecular flexibility index (Phi) is 4.06. The third-order valence-electron chi connectivity index (χ3n) is 3.52. The fraction of sp³-hybridized carbons (Fsp3) is 0.188. The van der Waals surface area contributed by atoms with Crippen molar-refractivity contribution in [1.29, 1.82) is 0 Å². The topological polar surface area (TPSA) is 96.4 Å². The molecule has 124 valence electrons. The predicted octanol–water partition coefficient (Wildman–Crippen LogP) is 2.03. The van der Waals surface area contributed by atoms with Crippen molar-refractivity contribution in [3.63, 3.8) is 0 Å². The lowest BCUT2D eigenvalue weighted by atomic mass is 10.2. The lowest BCUT2D eigenvalue weighted by Gasteiger charge is -2.14. The highest BCUT2D eigenvalue weighted by atomic mass is 32.2. The zero-order valence-electron chi connectivity index (χ0n) is 12.9. The Bertz CT molecular complexity index is 872. The fourth-order valence-electron chi connectivity index (χ4n) is 2.48. The Morgan fingerprint density at radius 1 is 1.08 bits per heavy atom. The standard InChI is InChI=1S/C16H15N3O4S/c1-2-10-24(22,23)18-11-5-7-12(8-6-11)19-15(20)13-4-3-9-17-14(13)16(19)21/h3-9,18H,2,10H2,1H3. The van der Waals surface area contributed by atoms with E-state index in [1.54, 1.807) is 19.1 Å². The Labute approximate surface area is 139 Å². The van der Waals surface area contributed by atoms with Crippen LogP contribution >= 0.6 is 0 Å². The lowest BCUT2D eigenvalue weighted by molar-refractivity contribution is 0.0924. The summed E-state index contributed by atoms with van der Waals surface area (Å²) in [6.45, 7) is 1.78. The summed E-state index contributed by atoms with van der Waals surface area (Å²) in [5.41, 5.74) is 1.12. The highest BCUT2D eigenvalue weighted by Crippen LogP contribution is 2.28. The molecule has 0 unspecified atom stereocenters. The minimum Gasteiger partial charge on any atom is -0.284 e. The van der Waals surface area contributed by atoms with Crippen molar-refractivity contribution in [3.8, 4) is 0 Å². The van der Waals surface area contributed by atoms with Gasteiger partial charge in [0, 0.05) is 11.9 Å². The van der Waals surface area contributed by atoms with Crippen molar-refractivity contribution in [1.82, 2.24) is 4.98 Å². The van der Waals surface area contributed by atoms with Gasteiger partial charge in [-0.15, -0.1) is 0 Å². The highest BCUT2D eigenvalue weighted by Gasteiger charge is 2.37. The molecular weight excluding hydrogens is 330 g/mol. The molecule has 0 atom stereocenters. The molecule has 2 amide bonds. The van der Waals surface area contributed by atoms with Gasteiger partial charge in [-0.1, -0.05) is 6.92 Å². The molecule has 0 fully saturated rings. The molecule has 2 aromatic rings. The van der Waals surface area contributed by atoms with E-state index in [9.17, 15) is 18.0 Å². The second-order valence-corrected chi connectivity index (χ2v) is 7.15. The van der Waals surface area contributed by atoms with Crippen molar-refractivity contribution in [2.24, 2.45) is 0 Å². The number of carbonyl (C=O) groups is 2. The van der Waals surface area contributed by atoms with Crippen LogP contribution in [0.5, 0.6) is 0 Å². The van der Waals surface area contributed by atoms with E-state index < -0.39 is 21.8 Å². The van der Waals surface area contributed by atoms with Crippen molar-refractivity contribution >= 4 is 33.2 Å². The summed E-state index contributed by atoms with van der Waals surface area (Å²) in [5.74, 6) is -0.906. The summed E-state index contributed by atoms with van der Waals surface area (Å²) in [6, 6.07) is 9.21. The normalized spacial score (nSPS) is 14.0.